The van der Waals surface area contributed by atoms with Crippen LogP contribution < -0.4 is 0 Å². The average molecular weight is 384 g/mol. The second kappa shape index (κ2) is 7.99. The van der Waals surface area contributed by atoms with Gasteiger partial charge < -0.3 is 14.0 Å². The molecule has 0 aliphatic rings. The van der Waals surface area contributed by atoms with Crippen LogP contribution in [0.2, 0.25) is 0 Å². The minimum atomic E-state index is -0.880. The molecule has 2 aromatic carbocycles. The van der Waals surface area contributed by atoms with Crippen molar-refractivity contribution in [1.82, 2.24) is 10.1 Å². The summed E-state index contributed by atoms with van der Waals surface area (Å²) in [6.45, 7) is 3.19. The van der Waals surface area contributed by atoms with E-state index in [2.05, 4.69) is 14.9 Å². The third kappa shape index (κ3) is 3.90. The molecular formula is C20H17FN2O5. The largest absolute Gasteiger partial charge is 0.465 e. The number of aryl methyl sites for hydroxylation is 1. The summed E-state index contributed by atoms with van der Waals surface area (Å²) in [7, 11) is 1.22. The lowest BCUT2D eigenvalue weighted by Crippen LogP contribution is -2.14. The molecular weight excluding hydrogens is 367 g/mol. The molecule has 0 N–H and O–H groups in total. The molecule has 1 unspecified atom stereocenters. The Kier molecular flexibility index (Phi) is 5.49. The van der Waals surface area contributed by atoms with Crippen molar-refractivity contribution in [3.8, 4) is 11.4 Å². The average Bonchev–Trinajstić information content (AvgIpc) is 3.19. The highest BCUT2D eigenvalue weighted by molar-refractivity contribution is 6.03. The van der Waals surface area contributed by atoms with E-state index in [0.29, 0.717) is 11.1 Å². The number of benzene rings is 2. The van der Waals surface area contributed by atoms with Crippen LogP contribution in [0.5, 0.6) is 0 Å². The van der Waals surface area contributed by atoms with Gasteiger partial charge in [0.2, 0.25) is 5.82 Å². The molecule has 3 rings (SSSR count). The zero-order valence-electron chi connectivity index (χ0n) is 15.4. The van der Waals surface area contributed by atoms with Crippen LogP contribution in [0.1, 0.15) is 45.2 Å². The van der Waals surface area contributed by atoms with Crippen LogP contribution in [-0.2, 0) is 9.47 Å². The Morgan fingerprint density at radius 3 is 2.43 bits per heavy atom. The molecule has 0 amide bonds. The fourth-order valence-electron chi connectivity index (χ4n) is 2.47. The molecule has 7 nitrogen and oxygen atoms in total. The molecule has 8 heteroatoms. The number of carbonyl (C=O) groups is 2. The summed E-state index contributed by atoms with van der Waals surface area (Å²) < 4.78 is 28.9. The Labute approximate surface area is 160 Å². The van der Waals surface area contributed by atoms with E-state index in [-0.39, 0.29) is 28.7 Å². The number of methoxy groups -OCH3 is 1. The molecule has 0 bridgehead atoms. The van der Waals surface area contributed by atoms with Gasteiger partial charge in [-0.05, 0) is 37.6 Å². The molecule has 1 atom stereocenters. The van der Waals surface area contributed by atoms with E-state index in [0.717, 1.165) is 0 Å². The summed E-state index contributed by atoms with van der Waals surface area (Å²) in [6, 6.07) is 10.7. The second-order valence-corrected chi connectivity index (χ2v) is 6.00. The molecule has 0 spiro atoms. The van der Waals surface area contributed by atoms with Crippen LogP contribution >= 0.6 is 0 Å². The number of hydrogen-bond donors (Lipinski definition) is 0. The minimum absolute atomic E-state index is 0.0416. The fourth-order valence-corrected chi connectivity index (χ4v) is 2.47. The molecule has 0 aliphatic heterocycles. The predicted octanol–water partition coefficient (Wildman–Crippen LogP) is 3.89. The number of hydrogen-bond acceptors (Lipinski definition) is 7. The van der Waals surface area contributed by atoms with E-state index in [1.165, 1.54) is 25.3 Å². The van der Waals surface area contributed by atoms with E-state index in [1.54, 1.807) is 38.1 Å². The zero-order valence-corrected chi connectivity index (χ0v) is 15.4. The molecule has 0 saturated carbocycles. The van der Waals surface area contributed by atoms with Gasteiger partial charge in [0.15, 0.2) is 6.10 Å². The van der Waals surface area contributed by atoms with Crippen LogP contribution in [-0.4, -0.2) is 29.2 Å². The van der Waals surface area contributed by atoms with E-state index in [1.807, 2.05) is 0 Å². The third-order valence-electron chi connectivity index (χ3n) is 4.06. The summed E-state index contributed by atoms with van der Waals surface area (Å²) in [5.41, 5.74) is 1.08. The molecule has 0 fully saturated rings. The van der Waals surface area contributed by atoms with Gasteiger partial charge >= 0.3 is 11.9 Å². The van der Waals surface area contributed by atoms with Crippen molar-refractivity contribution in [2.75, 3.05) is 7.11 Å². The van der Waals surface area contributed by atoms with Crippen molar-refractivity contribution in [1.29, 1.82) is 0 Å². The lowest BCUT2D eigenvalue weighted by molar-refractivity contribution is 0.0259. The standard InChI is InChI=1S/C20H17FN2O5/c1-11-8-9-13(10-16(11)21)17-22-18(28-23-17)12(2)27-20(25)15-7-5-4-6-14(15)19(24)26-3/h4-10,12H,1-3H3. The van der Waals surface area contributed by atoms with E-state index >= 15 is 0 Å². The molecule has 144 valence electrons. The molecule has 3 aromatic rings. The van der Waals surface area contributed by atoms with Gasteiger partial charge in [-0.3, -0.25) is 0 Å². The van der Waals surface area contributed by atoms with Gasteiger partial charge in [-0.2, -0.15) is 4.98 Å². The minimum Gasteiger partial charge on any atom is -0.465 e. The maximum absolute atomic E-state index is 13.7. The normalized spacial score (nSPS) is 11.7. The number of nitrogens with zero attached hydrogens (tertiary/aromatic N) is 2. The summed E-state index contributed by atoms with van der Waals surface area (Å²) in [5.74, 6) is -1.56. The number of carbonyl (C=O) groups excluding carboxylic acids is 2. The van der Waals surface area contributed by atoms with E-state index in [9.17, 15) is 14.0 Å². The first kappa shape index (κ1) is 19.2. The van der Waals surface area contributed by atoms with Crippen molar-refractivity contribution < 1.29 is 28.0 Å². The van der Waals surface area contributed by atoms with Crippen molar-refractivity contribution in [3.05, 3.63) is 70.9 Å². The Balaban J connectivity index is 1.78. The molecule has 0 radical (unpaired) electrons. The van der Waals surface area contributed by atoms with Crippen LogP contribution in [0.15, 0.2) is 47.0 Å². The number of aromatic nitrogens is 2. The predicted molar refractivity (Wildman–Crippen MR) is 96.0 cm³/mol. The summed E-state index contributed by atoms with van der Waals surface area (Å²) in [6.07, 6.45) is -0.880. The highest BCUT2D eigenvalue weighted by Crippen LogP contribution is 2.23. The summed E-state index contributed by atoms with van der Waals surface area (Å²) in [4.78, 5) is 28.4. The maximum Gasteiger partial charge on any atom is 0.339 e. The smallest absolute Gasteiger partial charge is 0.339 e. The summed E-state index contributed by atoms with van der Waals surface area (Å²) in [5, 5.41) is 3.80. The van der Waals surface area contributed by atoms with E-state index in [4.69, 9.17) is 9.26 Å². The van der Waals surface area contributed by atoms with Gasteiger partial charge in [-0.1, -0.05) is 29.4 Å². The molecule has 0 aliphatic carbocycles. The van der Waals surface area contributed by atoms with Gasteiger partial charge in [-0.15, -0.1) is 0 Å². The summed E-state index contributed by atoms with van der Waals surface area (Å²) >= 11 is 0. The lowest BCUT2D eigenvalue weighted by atomic mass is 10.1. The van der Waals surface area contributed by atoms with Gasteiger partial charge in [0, 0.05) is 5.56 Å². The van der Waals surface area contributed by atoms with Gasteiger partial charge in [-0.25, -0.2) is 14.0 Å². The molecule has 0 saturated heterocycles. The van der Waals surface area contributed by atoms with Crippen molar-refractivity contribution >= 4 is 11.9 Å². The Hall–Kier alpha value is -3.55. The first-order chi connectivity index (χ1) is 13.4. The highest BCUT2D eigenvalue weighted by Gasteiger charge is 2.24. The monoisotopic (exact) mass is 384 g/mol. The fraction of sp³-hybridized carbons (Fsp3) is 0.200. The molecule has 1 aromatic heterocycles. The zero-order chi connectivity index (χ0) is 20.3. The van der Waals surface area contributed by atoms with Gasteiger partial charge in [0.05, 0.1) is 18.2 Å². The van der Waals surface area contributed by atoms with Crippen molar-refractivity contribution in [3.63, 3.8) is 0 Å². The third-order valence-corrected chi connectivity index (χ3v) is 4.06. The number of ether oxygens (including phenoxy) is 2. The Morgan fingerprint density at radius 2 is 1.79 bits per heavy atom. The molecule has 28 heavy (non-hydrogen) atoms. The van der Waals surface area contributed by atoms with Gasteiger partial charge in [0.1, 0.15) is 5.82 Å². The van der Waals surface area contributed by atoms with Crippen LogP contribution in [0.25, 0.3) is 11.4 Å². The van der Waals surface area contributed by atoms with Crippen molar-refractivity contribution in [2.24, 2.45) is 0 Å². The highest BCUT2D eigenvalue weighted by atomic mass is 19.1. The first-order valence-electron chi connectivity index (χ1n) is 8.39. The topological polar surface area (TPSA) is 91.5 Å². The second-order valence-electron chi connectivity index (χ2n) is 6.00. The number of esters is 2. The maximum atomic E-state index is 13.7. The number of rotatable bonds is 5. The Bertz CT molecular complexity index is 1030. The molecule has 1 heterocycles. The van der Waals surface area contributed by atoms with Gasteiger partial charge in [0.25, 0.3) is 5.89 Å². The van der Waals surface area contributed by atoms with Crippen LogP contribution in [0.3, 0.4) is 0 Å². The number of halogens is 1. The van der Waals surface area contributed by atoms with E-state index < -0.39 is 18.0 Å². The van der Waals surface area contributed by atoms with Crippen LogP contribution in [0, 0.1) is 12.7 Å². The SMILES string of the molecule is COC(=O)c1ccccc1C(=O)OC(C)c1nc(-c2ccc(C)c(F)c2)no1. The van der Waals surface area contributed by atoms with Crippen molar-refractivity contribution in [2.45, 2.75) is 20.0 Å². The lowest BCUT2D eigenvalue weighted by Gasteiger charge is -2.11. The quantitative estimate of drug-likeness (QED) is 0.616. The first-order valence-corrected chi connectivity index (χ1v) is 8.39. The van der Waals surface area contributed by atoms with Crippen LogP contribution in [0.4, 0.5) is 4.39 Å². The Morgan fingerprint density at radius 1 is 1.11 bits per heavy atom.